The van der Waals surface area contributed by atoms with Gasteiger partial charge >= 0.3 is 0 Å². The van der Waals surface area contributed by atoms with E-state index in [4.69, 9.17) is 5.73 Å². The quantitative estimate of drug-likeness (QED) is 0.831. The summed E-state index contributed by atoms with van der Waals surface area (Å²) in [5.74, 6) is -0.0824. The molecule has 86 valence electrons. The minimum Gasteiger partial charge on any atom is -0.398 e. The molecule has 0 saturated carbocycles. The molecule has 17 heavy (non-hydrogen) atoms. The average Bonchev–Trinajstić information content (AvgIpc) is 2.30. The second kappa shape index (κ2) is 4.92. The molecule has 0 aliphatic heterocycles. The van der Waals surface area contributed by atoms with Gasteiger partial charge in [0.15, 0.2) is 0 Å². The largest absolute Gasteiger partial charge is 0.398 e. The van der Waals surface area contributed by atoms with Crippen LogP contribution in [0.15, 0.2) is 41.1 Å². The summed E-state index contributed by atoms with van der Waals surface area (Å²) in [6.45, 7) is 0. The van der Waals surface area contributed by atoms with Crippen molar-refractivity contribution in [2.45, 2.75) is 0 Å². The zero-order chi connectivity index (χ0) is 12.3. The van der Waals surface area contributed by atoms with Gasteiger partial charge in [0.2, 0.25) is 5.95 Å². The van der Waals surface area contributed by atoms with Gasteiger partial charge in [0.25, 0.3) is 5.91 Å². The SMILES string of the molecule is Nc1cc(Br)ccc1C(=O)Nc1ncccn1. The normalized spacial score (nSPS) is 9.94. The van der Waals surface area contributed by atoms with Gasteiger partial charge in [-0.05, 0) is 24.3 Å². The van der Waals surface area contributed by atoms with Gasteiger partial charge in [0.05, 0.1) is 5.56 Å². The number of nitrogens with two attached hydrogens (primary N) is 1. The number of benzene rings is 1. The molecule has 0 aliphatic rings. The van der Waals surface area contributed by atoms with Gasteiger partial charge in [-0.15, -0.1) is 0 Å². The van der Waals surface area contributed by atoms with Crippen LogP contribution in [0.25, 0.3) is 0 Å². The van der Waals surface area contributed by atoms with Gasteiger partial charge in [-0.2, -0.15) is 0 Å². The highest BCUT2D eigenvalue weighted by molar-refractivity contribution is 9.10. The molecule has 0 spiro atoms. The van der Waals surface area contributed by atoms with Crippen molar-refractivity contribution in [1.29, 1.82) is 0 Å². The third-order valence-corrected chi connectivity index (χ3v) is 2.54. The van der Waals surface area contributed by atoms with Crippen molar-refractivity contribution in [3.63, 3.8) is 0 Å². The molecular formula is C11H9BrN4O. The van der Waals surface area contributed by atoms with E-state index in [1.807, 2.05) is 0 Å². The Labute approximate surface area is 106 Å². The number of nitrogens with one attached hydrogen (secondary N) is 1. The molecule has 2 rings (SSSR count). The Bertz CT molecular complexity index is 544. The third kappa shape index (κ3) is 2.79. The van der Waals surface area contributed by atoms with Crippen LogP contribution < -0.4 is 11.1 Å². The number of carbonyl (C=O) groups is 1. The molecule has 1 amide bonds. The highest BCUT2D eigenvalue weighted by atomic mass is 79.9. The van der Waals surface area contributed by atoms with Crippen LogP contribution in [0, 0.1) is 0 Å². The lowest BCUT2D eigenvalue weighted by atomic mass is 10.2. The fourth-order valence-electron chi connectivity index (χ4n) is 1.27. The maximum Gasteiger partial charge on any atom is 0.260 e. The van der Waals surface area contributed by atoms with E-state index in [-0.39, 0.29) is 11.9 Å². The predicted octanol–water partition coefficient (Wildman–Crippen LogP) is 2.07. The molecule has 0 bridgehead atoms. The highest BCUT2D eigenvalue weighted by Crippen LogP contribution is 2.19. The number of rotatable bonds is 2. The van der Waals surface area contributed by atoms with Crippen molar-refractivity contribution < 1.29 is 4.79 Å². The van der Waals surface area contributed by atoms with E-state index >= 15 is 0 Å². The average molecular weight is 293 g/mol. The number of hydrogen-bond acceptors (Lipinski definition) is 4. The molecule has 1 aromatic carbocycles. The van der Waals surface area contributed by atoms with Crippen molar-refractivity contribution in [2.24, 2.45) is 0 Å². The number of halogens is 1. The van der Waals surface area contributed by atoms with Crippen LogP contribution in [-0.2, 0) is 0 Å². The third-order valence-electron chi connectivity index (χ3n) is 2.05. The van der Waals surface area contributed by atoms with E-state index in [0.717, 1.165) is 4.47 Å². The van der Waals surface area contributed by atoms with Gasteiger partial charge in [-0.25, -0.2) is 9.97 Å². The molecule has 0 atom stereocenters. The van der Waals surface area contributed by atoms with Crippen LogP contribution in [0.3, 0.4) is 0 Å². The van der Waals surface area contributed by atoms with E-state index in [0.29, 0.717) is 11.3 Å². The van der Waals surface area contributed by atoms with E-state index < -0.39 is 0 Å². The van der Waals surface area contributed by atoms with Crippen LogP contribution in [-0.4, -0.2) is 15.9 Å². The smallest absolute Gasteiger partial charge is 0.260 e. The van der Waals surface area contributed by atoms with E-state index in [9.17, 15) is 4.79 Å². The van der Waals surface area contributed by atoms with Crippen molar-refractivity contribution in [3.8, 4) is 0 Å². The van der Waals surface area contributed by atoms with Gasteiger partial charge in [0.1, 0.15) is 0 Å². The number of aromatic nitrogens is 2. The summed E-state index contributed by atoms with van der Waals surface area (Å²) < 4.78 is 0.822. The molecule has 3 N–H and O–H groups in total. The van der Waals surface area contributed by atoms with Crippen LogP contribution in [0.2, 0.25) is 0 Å². The molecule has 0 unspecified atom stereocenters. The molecule has 0 aliphatic carbocycles. The second-order valence-electron chi connectivity index (χ2n) is 3.26. The molecule has 6 heteroatoms. The van der Waals surface area contributed by atoms with Crippen molar-refractivity contribution in [1.82, 2.24) is 9.97 Å². The standard InChI is InChI=1S/C11H9BrN4O/c12-7-2-3-8(9(13)6-7)10(17)16-11-14-4-1-5-15-11/h1-6H,13H2,(H,14,15,16,17). The van der Waals surface area contributed by atoms with Crippen LogP contribution in [0.4, 0.5) is 11.6 Å². The van der Waals surface area contributed by atoms with E-state index in [1.165, 1.54) is 0 Å². The molecule has 0 fully saturated rings. The fraction of sp³-hybridized carbons (Fsp3) is 0. The summed E-state index contributed by atoms with van der Waals surface area (Å²) >= 11 is 3.28. The zero-order valence-corrected chi connectivity index (χ0v) is 10.3. The summed E-state index contributed by atoms with van der Waals surface area (Å²) in [7, 11) is 0. The molecule has 0 saturated heterocycles. The summed E-state index contributed by atoms with van der Waals surface area (Å²) in [4.78, 5) is 19.7. The molecule has 1 heterocycles. The maximum atomic E-state index is 11.9. The molecule has 2 aromatic rings. The number of anilines is 2. The number of nitrogen functional groups attached to an aromatic ring is 1. The van der Waals surface area contributed by atoms with Crippen LogP contribution >= 0.6 is 15.9 Å². The Morgan fingerprint density at radius 1 is 1.29 bits per heavy atom. The topological polar surface area (TPSA) is 80.9 Å². The molecule has 0 radical (unpaired) electrons. The fourth-order valence-corrected chi connectivity index (χ4v) is 1.65. The van der Waals surface area contributed by atoms with Gasteiger partial charge in [-0.3, -0.25) is 10.1 Å². The monoisotopic (exact) mass is 292 g/mol. The first kappa shape index (κ1) is 11.5. The first-order valence-corrected chi connectivity index (χ1v) is 5.59. The van der Waals surface area contributed by atoms with Gasteiger partial charge in [0, 0.05) is 22.6 Å². The zero-order valence-electron chi connectivity index (χ0n) is 8.72. The Morgan fingerprint density at radius 3 is 2.65 bits per heavy atom. The number of carbonyl (C=O) groups excluding carboxylic acids is 1. The van der Waals surface area contributed by atoms with Crippen molar-refractivity contribution >= 4 is 33.5 Å². The highest BCUT2D eigenvalue weighted by Gasteiger charge is 2.10. The minimum atomic E-state index is -0.332. The van der Waals surface area contributed by atoms with E-state index in [1.54, 1.807) is 36.7 Å². The first-order chi connectivity index (χ1) is 8.16. The lowest BCUT2D eigenvalue weighted by molar-refractivity contribution is 0.102. The minimum absolute atomic E-state index is 0.250. The van der Waals surface area contributed by atoms with Crippen LogP contribution in [0.5, 0.6) is 0 Å². The summed E-state index contributed by atoms with van der Waals surface area (Å²) in [6.07, 6.45) is 3.10. The summed E-state index contributed by atoms with van der Waals surface area (Å²) in [6, 6.07) is 6.72. The van der Waals surface area contributed by atoms with Gasteiger partial charge < -0.3 is 5.73 Å². The number of amides is 1. The van der Waals surface area contributed by atoms with Crippen molar-refractivity contribution in [2.75, 3.05) is 11.1 Å². The summed E-state index contributed by atoms with van der Waals surface area (Å²) in [5, 5.41) is 2.56. The Hall–Kier alpha value is -1.95. The molecular weight excluding hydrogens is 284 g/mol. The number of hydrogen-bond donors (Lipinski definition) is 2. The van der Waals surface area contributed by atoms with Gasteiger partial charge in [-0.1, -0.05) is 15.9 Å². The Kier molecular flexibility index (Phi) is 3.34. The Morgan fingerprint density at radius 2 is 2.00 bits per heavy atom. The lowest BCUT2D eigenvalue weighted by Crippen LogP contribution is -2.15. The van der Waals surface area contributed by atoms with Crippen molar-refractivity contribution in [3.05, 3.63) is 46.7 Å². The van der Waals surface area contributed by atoms with Crippen LogP contribution in [0.1, 0.15) is 10.4 Å². The maximum absolute atomic E-state index is 11.9. The second-order valence-corrected chi connectivity index (χ2v) is 4.17. The summed E-state index contributed by atoms with van der Waals surface area (Å²) in [5.41, 5.74) is 6.53. The Balaban J connectivity index is 2.21. The predicted molar refractivity (Wildman–Crippen MR) is 68.5 cm³/mol. The molecule has 1 aromatic heterocycles. The lowest BCUT2D eigenvalue weighted by Gasteiger charge is -2.06. The number of nitrogens with zero attached hydrogens (tertiary/aromatic N) is 2. The molecule has 5 nitrogen and oxygen atoms in total. The van der Waals surface area contributed by atoms with E-state index in [2.05, 4.69) is 31.2 Å². The first-order valence-electron chi connectivity index (χ1n) is 4.80.